The molecule has 2 aromatic rings. The summed E-state index contributed by atoms with van der Waals surface area (Å²) < 4.78 is 2.32. The lowest BCUT2D eigenvalue weighted by Crippen LogP contribution is -2.29. The van der Waals surface area contributed by atoms with Gasteiger partial charge in [-0.25, -0.2) is 0 Å². The van der Waals surface area contributed by atoms with Gasteiger partial charge in [0.25, 0.3) is 0 Å². The second kappa shape index (κ2) is 11.4. The Morgan fingerprint density at radius 1 is 1.05 bits per heavy atom. The molecule has 0 fully saturated rings. The molecule has 0 bridgehead atoms. The third kappa shape index (κ3) is 5.07. The fourth-order valence-electron chi connectivity index (χ4n) is 6.13. The van der Waals surface area contributed by atoms with E-state index in [4.69, 9.17) is 6.42 Å². The van der Waals surface area contributed by atoms with Crippen LogP contribution < -0.4 is 10.2 Å². The van der Waals surface area contributed by atoms with Crippen LogP contribution in [-0.4, -0.2) is 36.3 Å². The van der Waals surface area contributed by atoms with Gasteiger partial charge in [0.15, 0.2) is 5.71 Å². The molecular weight excluding hydrogens is 466 g/mol. The van der Waals surface area contributed by atoms with Crippen molar-refractivity contribution in [1.82, 2.24) is 5.32 Å². The number of amides is 1. The van der Waals surface area contributed by atoms with Crippen LogP contribution in [0.1, 0.15) is 70.9 Å². The van der Waals surface area contributed by atoms with Crippen LogP contribution in [0.15, 0.2) is 72.5 Å². The average molecular weight is 509 g/mol. The van der Waals surface area contributed by atoms with Gasteiger partial charge < -0.3 is 10.2 Å². The molecule has 0 saturated carbocycles. The van der Waals surface area contributed by atoms with Crippen LogP contribution >= 0.6 is 0 Å². The summed E-state index contributed by atoms with van der Waals surface area (Å²) >= 11 is 0. The minimum absolute atomic E-state index is 0.0400. The number of benzene rings is 2. The predicted octanol–water partition coefficient (Wildman–Crippen LogP) is 6.63. The summed E-state index contributed by atoms with van der Waals surface area (Å²) in [6, 6.07) is 17.5. The molecule has 2 aromatic carbocycles. The first-order chi connectivity index (χ1) is 18.3. The van der Waals surface area contributed by atoms with E-state index in [2.05, 4.69) is 122 Å². The first kappa shape index (κ1) is 27.5. The molecule has 2 aliphatic rings. The van der Waals surface area contributed by atoms with Crippen LogP contribution in [0.3, 0.4) is 0 Å². The number of fused-ring (bicyclic) bond motifs is 2. The zero-order valence-electron chi connectivity index (χ0n) is 23.7. The van der Waals surface area contributed by atoms with Gasteiger partial charge in [0.1, 0.15) is 7.05 Å². The largest absolute Gasteiger partial charge is 0.345 e. The van der Waals surface area contributed by atoms with E-state index in [0.29, 0.717) is 13.0 Å². The van der Waals surface area contributed by atoms with Gasteiger partial charge >= 0.3 is 0 Å². The van der Waals surface area contributed by atoms with E-state index in [-0.39, 0.29) is 16.7 Å². The Morgan fingerprint density at radius 2 is 1.76 bits per heavy atom. The SMILES string of the molecule is C#CCNC(=O)CCCCCN1C(=CC=CC2=[N+](C)c3ccccc3C2(C)C)C(C)(CC)c2ccccc21. The monoisotopic (exact) mass is 508 g/mol. The van der Waals surface area contributed by atoms with Crippen LogP contribution in [0.2, 0.25) is 0 Å². The molecule has 0 spiro atoms. The molecule has 1 N–H and O–H groups in total. The van der Waals surface area contributed by atoms with Crippen molar-refractivity contribution < 1.29 is 9.37 Å². The highest BCUT2D eigenvalue weighted by Crippen LogP contribution is 2.50. The molecule has 2 aliphatic heterocycles. The number of terminal acetylenes is 1. The number of nitrogens with one attached hydrogen (secondary N) is 1. The van der Waals surface area contributed by atoms with Crippen LogP contribution in [0.4, 0.5) is 11.4 Å². The Labute approximate surface area is 229 Å². The highest BCUT2D eigenvalue weighted by molar-refractivity contribution is 6.03. The molecule has 0 radical (unpaired) electrons. The highest BCUT2D eigenvalue weighted by Gasteiger charge is 2.43. The molecular formula is C34H42N3O+. The van der Waals surface area contributed by atoms with E-state index < -0.39 is 0 Å². The second-order valence-corrected chi connectivity index (χ2v) is 11.1. The van der Waals surface area contributed by atoms with Crippen LogP contribution in [0.5, 0.6) is 0 Å². The van der Waals surface area contributed by atoms with Gasteiger partial charge in [-0.2, -0.15) is 4.58 Å². The van der Waals surface area contributed by atoms with Crippen molar-refractivity contribution >= 4 is 23.0 Å². The van der Waals surface area contributed by atoms with Crippen LogP contribution in [0, 0.1) is 12.3 Å². The van der Waals surface area contributed by atoms with Crippen molar-refractivity contribution in [3.05, 3.63) is 83.6 Å². The summed E-state index contributed by atoms with van der Waals surface area (Å²) in [6.45, 7) is 10.5. The lowest BCUT2D eigenvalue weighted by Gasteiger charge is -2.29. The zero-order valence-corrected chi connectivity index (χ0v) is 23.7. The van der Waals surface area contributed by atoms with Gasteiger partial charge in [0, 0.05) is 47.5 Å². The molecule has 0 saturated heterocycles. The first-order valence-corrected chi connectivity index (χ1v) is 13.9. The highest BCUT2D eigenvalue weighted by atomic mass is 16.1. The third-order valence-corrected chi connectivity index (χ3v) is 8.47. The fraction of sp³-hybridized carbons (Fsp3) is 0.412. The molecule has 1 unspecified atom stereocenters. The fourth-order valence-corrected chi connectivity index (χ4v) is 6.13. The van der Waals surface area contributed by atoms with Crippen molar-refractivity contribution in [2.24, 2.45) is 0 Å². The van der Waals surface area contributed by atoms with Gasteiger partial charge in [-0.05, 0) is 57.7 Å². The molecule has 1 atom stereocenters. The summed E-state index contributed by atoms with van der Waals surface area (Å²) in [5.74, 6) is 2.50. The number of carbonyl (C=O) groups is 1. The van der Waals surface area contributed by atoms with Gasteiger partial charge in [-0.15, -0.1) is 6.42 Å². The topological polar surface area (TPSA) is 35.4 Å². The molecule has 2 heterocycles. The smallest absolute Gasteiger partial charge is 0.220 e. The second-order valence-electron chi connectivity index (χ2n) is 11.1. The standard InChI is InChI=1S/C34H41N3O/c1-7-24-35-32(38)23-10-9-15-25-37-29-20-14-12-18-27(29)34(5,8-2)31(37)22-16-21-30-33(3,4)26-17-11-13-19-28(26)36(30)6/h1,11-14,16-22H,8-10,15,23-25H2,2-6H3/p+1. The summed E-state index contributed by atoms with van der Waals surface area (Å²) in [7, 11) is 2.17. The molecule has 0 aliphatic carbocycles. The van der Waals surface area contributed by atoms with E-state index in [1.807, 2.05) is 0 Å². The molecule has 1 amide bonds. The Morgan fingerprint density at radius 3 is 2.47 bits per heavy atom. The zero-order chi connectivity index (χ0) is 27.3. The molecule has 198 valence electrons. The normalized spacial score (nSPS) is 20.6. The number of nitrogens with zero attached hydrogens (tertiary/aromatic N) is 2. The van der Waals surface area contributed by atoms with E-state index >= 15 is 0 Å². The molecule has 4 nitrogen and oxygen atoms in total. The summed E-state index contributed by atoms with van der Waals surface area (Å²) in [5.41, 5.74) is 7.93. The van der Waals surface area contributed by atoms with E-state index in [0.717, 1.165) is 32.2 Å². The quantitative estimate of drug-likeness (QED) is 0.222. The van der Waals surface area contributed by atoms with E-state index in [1.165, 1.54) is 33.9 Å². The number of unbranched alkanes of at least 4 members (excludes halogenated alkanes) is 2. The maximum absolute atomic E-state index is 11.9. The number of para-hydroxylation sites is 2. The number of rotatable bonds is 10. The maximum Gasteiger partial charge on any atom is 0.220 e. The maximum atomic E-state index is 11.9. The lowest BCUT2D eigenvalue weighted by molar-refractivity contribution is -0.401. The number of allylic oxidation sites excluding steroid dienone is 4. The van der Waals surface area contributed by atoms with Gasteiger partial charge in [-0.1, -0.05) is 61.7 Å². The van der Waals surface area contributed by atoms with Crippen LogP contribution in [-0.2, 0) is 15.6 Å². The number of hydrogen-bond donors (Lipinski definition) is 1. The van der Waals surface area contributed by atoms with Crippen molar-refractivity contribution in [3.8, 4) is 12.3 Å². The number of anilines is 1. The van der Waals surface area contributed by atoms with Crippen LogP contribution in [0.25, 0.3) is 0 Å². The molecule has 38 heavy (non-hydrogen) atoms. The Kier molecular flexibility index (Phi) is 8.26. The number of carbonyl (C=O) groups excluding carboxylic acids is 1. The summed E-state index contributed by atoms with van der Waals surface area (Å²) in [4.78, 5) is 14.4. The lowest BCUT2D eigenvalue weighted by atomic mass is 9.79. The van der Waals surface area contributed by atoms with Crippen molar-refractivity contribution in [2.75, 3.05) is 25.0 Å². The van der Waals surface area contributed by atoms with Crippen molar-refractivity contribution in [3.63, 3.8) is 0 Å². The average Bonchev–Trinajstić information content (AvgIpc) is 3.27. The minimum atomic E-state index is -0.0424. The summed E-state index contributed by atoms with van der Waals surface area (Å²) in [5, 5.41) is 2.76. The molecule has 4 heteroatoms. The van der Waals surface area contributed by atoms with Gasteiger partial charge in [-0.3, -0.25) is 4.79 Å². The Hall–Kier alpha value is -3.58. The summed E-state index contributed by atoms with van der Waals surface area (Å²) in [6.07, 6.45) is 16.6. The van der Waals surface area contributed by atoms with Crippen molar-refractivity contribution in [1.29, 1.82) is 0 Å². The Balaban J connectivity index is 1.55. The third-order valence-electron chi connectivity index (χ3n) is 8.47. The van der Waals surface area contributed by atoms with Gasteiger partial charge in [0.2, 0.25) is 11.6 Å². The number of hydrogen-bond acceptors (Lipinski definition) is 2. The van der Waals surface area contributed by atoms with E-state index in [9.17, 15) is 4.79 Å². The minimum Gasteiger partial charge on any atom is -0.345 e. The molecule has 0 aromatic heterocycles. The van der Waals surface area contributed by atoms with Gasteiger partial charge in [0.05, 0.1) is 12.0 Å². The van der Waals surface area contributed by atoms with Crippen molar-refractivity contribution in [2.45, 2.75) is 70.6 Å². The first-order valence-electron chi connectivity index (χ1n) is 13.9. The van der Waals surface area contributed by atoms with E-state index in [1.54, 1.807) is 0 Å². The predicted molar refractivity (Wildman–Crippen MR) is 159 cm³/mol. The molecule has 4 rings (SSSR count). The Bertz CT molecular complexity index is 1320.